The summed E-state index contributed by atoms with van der Waals surface area (Å²) >= 11 is 0. The van der Waals surface area contributed by atoms with Gasteiger partial charge in [0.1, 0.15) is 94.9 Å². The number of nitrogens with zero attached hydrogens (tertiary/aromatic N) is 12. The Balaban J connectivity index is 0.000000116. The molecule has 0 unspecified atom stereocenters. The molecule has 4 spiro atoms. The van der Waals surface area contributed by atoms with E-state index in [1.54, 1.807) is 53.7 Å². The van der Waals surface area contributed by atoms with Crippen LogP contribution in [0.4, 0.5) is 0 Å². The summed E-state index contributed by atoms with van der Waals surface area (Å²) < 4.78 is 45.0. The van der Waals surface area contributed by atoms with Crippen LogP contribution < -0.4 is 41.9 Å². The molecule has 0 fully saturated rings. The maximum Gasteiger partial charge on any atom is 0.282 e. The maximum absolute atomic E-state index is 5.82. The van der Waals surface area contributed by atoms with Gasteiger partial charge in [0.15, 0.2) is 0 Å². The number of methoxy groups -OCH3 is 4. The number of nitrogens with two attached hydrogens (primary N) is 4. The molecule has 4 aliphatic heterocycles. The molecule has 4 aromatic heterocycles. The van der Waals surface area contributed by atoms with E-state index in [0.717, 1.165) is 145 Å². The van der Waals surface area contributed by atoms with Gasteiger partial charge in [0, 0.05) is 120 Å². The van der Waals surface area contributed by atoms with Crippen LogP contribution in [0.2, 0.25) is 0 Å². The quantitative estimate of drug-likeness (QED) is 0.111. The molecule has 8 aliphatic rings. The minimum Gasteiger partial charge on any atom is -0.496 e. The zero-order chi connectivity index (χ0) is 66.9. The molecule has 0 radical (unpaired) electrons. The zero-order valence-electron chi connectivity index (χ0n) is 55.3. The van der Waals surface area contributed by atoms with Crippen molar-refractivity contribution < 1.29 is 37.9 Å². The summed E-state index contributed by atoms with van der Waals surface area (Å²) in [6, 6.07) is 17.5. The van der Waals surface area contributed by atoms with Crippen LogP contribution in [0.5, 0.6) is 23.0 Å². The summed E-state index contributed by atoms with van der Waals surface area (Å²) in [6.45, 7) is 8.15. The van der Waals surface area contributed by atoms with Crippen molar-refractivity contribution in [1.82, 2.24) is 39.9 Å². The van der Waals surface area contributed by atoms with Crippen LogP contribution in [0.3, 0.4) is 0 Å². The zero-order valence-corrected chi connectivity index (χ0v) is 55.3. The van der Waals surface area contributed by atoms with Gasteiger partial charge < -0.3 is 60.8 Å². The van der Waals surface area contributed by atoms with Crippen molar-refractivity contribution in [2.45, 2.75) is 151 Å². The average Bonchev–Trinajstić information content (AvgIpc) is 1.50. The molecule has 0 saturated heterocycles. The minimum absolute atomic E-state index is 0.0286. The molecular formula is C72H80N16O8. The van der Waals surface area contributed by atoms with Crippen LogP contribution in [0.1, 0.15) is 97.9 Å². The summed E-state index contributed by atoms with van der Waals surface area (Å²) in [5.41, 5.74) is 40.7. The van der Waals surface area contributed by atoms with Gasteiger partial charge in [-0.1, -0.05) is 24.3 Å². The van der Waals surface area contributed by atoms with E-state index in [4.69, 9.17) is 60.8 Å². The van der Waals surface area contributed by atoms with Gasteiger partial charge in [-0.2, -0.15) is 0 Å². The first kappa shape index (κ1) is 64.2. The standard InChI is InChI=1S/4C18H20N4O2/c4*1-11-18(22-17(19)24-11)6-5-14-13(12-8-20-10-21-9-12)3-4-16(23-2)15(14)7-18/h4*3-4,8-11H,5-7H2,1-2H3,(H2,19,22)/t2*11-,18+;2*11-,18-/m1010/s1. The molecule has 16 rings (SSSR count). The van der Waals surface area contributed by atoms with Gasteiger partial charge in [0.2, 0.25) is 0 Å². The Hall–Kier alpha value is -10.5. The second-order valence-electron chi connectivity index (χ2n) is 25.6. The van der Waals surface area contributed by atoms with Gasteiger partial charge in [0.25, 0.3) is 24.1 Å². The molecule has 24 nitrogen and oxygen atoms in total. The summed E-state index contributed by atoms with van der Waals surface area (Å²) in [6.07, 6.45) is 31.0. The van der Waals surface area contributed by atoms with Crippen LogP contribution in [-0.2, 0) is 70.3 Å². The molecule has 4 aromatic carbocycles. The van der Waals surface area contributed by atoms with Crippen molar-refractivity contribution in [3.63, 3.8) is 0 Å². The van der Waals surface area contributed by atoms with Crippen molar-refractivity contribution in [2.75, 3.05) is 28.4 Å². The van der Waals surface area contributed by atoms with Gasteiger partial charge in [-0.3, -0.25) is 0 Å². The maximum atomic E-state index is 5.82. The summed E-state index contributed by atoms with van der Waals surface area (Å²) in [5, 5.41) is 0. The van der Waals surface area contributed by atoms with E-state index < -0.39 is 0 Å². The second-order valence-corrected chi connectivity index (χ2v) is 25.6. The lowest BCUT2D eigenvalue weighted by molar-refractivity contribution is 0.140. The first-order valence-electron chi connectivity index (χ1n) is 32.4. The number of amidine groups is 4. The molecule has 8 atom stereocenters. The fourth-order valence-electron chi connectivity index (χ4n) is 15.4. The number of aromatic nitrogens is 8. The third-order valence-corrected chi connectivity index (χ3v) is 20.6. The number of aliphatic imine (C=N–C) groups is 4. The van der Waals surface area contributed by atoms with Crippen LogP contribution >= 0.6 is 0 Å². The fraction of sp³-hybridized carbons (Fsp3) is 0.389. The lowest BCUT2D eigenvalue weighted by Gasteiger charge is -2.35. The lowest BCUT2D eigenvalue weighted by Crippen LogP contribution is -2.41. The van der Waals surface area contributed by atoms with E-state index in [-0.39, 0.29) is 70.7 Å². The molecule has 4 aliphatic carbocycles. The van der Waals surface area contributed by atoms with Crippen molar-refractivity contribution in [3.05, 3.63) is 168 Å². The Kier molecular flexibility index (Phi) is 17.6. The average molecular weight is 1300 g/mol. The van der Waals surface area contributed by atoms with Gasteiger partial charge in [0.05, 0.1) is 28.4 Å². The molecule has 24 heteroatoms. The van der Waals surface area contributed by atoms with E-state index in [2.05, 4.69) is 84.1 Å². The van der Waals surface area contributed by atoms with Gasteiger partial charge >= 0.3 is 0 Å². The largest absolute Gasteiger partial charge is 0.496 e. The Morgan fingerprint density at radius 3 is 0.677 bits per heavy atom. The fourth-order valence-corrected chi connectivity index (χ4v) is 15.4. The summed E-state index contributed by atoms with van der Waals surface area (Å²) in [5.74, 6) is 3.55. The van der Waals surface area contributed by atoms with Crippen LogP contribution in [0.25, 0.3) is 44.5 Å². The Bertz CT molecular complexity index is 3770. The molecule has 96 heavy (non-hydrogen) atoms. The predicted octanol–water partition coefficient (Wildman–Crippen LogP) is 8.45. The molecule has 496 valence electrons. The highest BCUT2D eigenvalue weighted by atomic mass is 16.5. The molecule has 8 heterocycles. The van der Waals surface area contributed by atoms with E-state index in [1.807, 2.05) is 102 Å². The number of rotatable bonds is 8. The third kappa shape index (κ3) is 12.0. The molecule has 8 aromatic rings. The van der Waals surface area contributed by atoms with E-state index >= 15 is 0 Å². The molecular weight excluding hydrogens is 1220 g/mol. The number of ether oxygens (including phenoxy) is 8. The van der Waals surface area contributed by atoms with Gasteiger partial charge in [-0.25, -0.2) is 59.8 Å². The van der Waals surface area contributed by atoms with Crippen molar-refractivity contribution >= 4 is 24.1 Å². The minimum atomic E-state index is -0.295. The first-order valence-corrected chi connectivity index (χ1v) is 32.4. The van der Waals surface area contributed by atoms with Crippen molar-refractivity contribution in [1.29, 1.82) is 0 Å². The normalized spacial score (nSPS) is 25.1. The number of hydrogen-bond acceptors (Lipinski definition) is 24. The van der Waals surface area contributed by atoms with Crippen molar-refractivity contribution in [2.24, 2.45) is 42.9 Å². The Morgan fingerprint density at radius 2 is 0.510 bits per heavy atom. The number of fused-ring (bicyclic) bond motifs is 4. The van der Waals surface area contributed by atoms with Crippen molar-refractivity contribution in [3.8, 4) is 67.5 Å². The van der Waals surface area contributed by atoms with E-state index in [1.165, 1.54) is 44.5 Å². The van der Waals surface area contributed by atoms with Gasteiger partial charge in [-0.05, 0) is 148 Å². The molecule has 0 amide bonds. The van der Waals surface area contributed by atoms with E-state index in [0.29, 0.717) is 0 Å². The SMILES string of the molecule is COc1ccc(-c2cncnc2)c2c1C[C@@]1(CC2)N=C(N)O[C@@H]1C.COc1ccc(-c2cncnc2)c2c1C[C@@]1(CC2)N=C(N)O[C@H]1C.COc1ccc(-c2cncnc2)c2c1C[C@]1(CC2)N=C(N)O[C@@H]1C.COc1ccc(-c2cncnc2)c2c1C[C@]1(CC2)N=C(N)O[C@H]1C. The second kappa shape index (κ2) is 26.3. The topological polar surface area (TPSA) is 330 Å². The summed E-state index contributed by atoms with van der Waals surface area (Å²) in [4.78, 5) is 51.7. The Labute approximate surface area is 557 Å². The molecule has 8 N–H and O–H groups in total. The monoisotopic (exact) mass is 1300 g/mol. The van der Waals surface area contributed by atoms with Crippen LogP contribution in [0, 0.1) is 0 Å². The number of hydrogen-bond donors (Lipinski definition) is 4. The lowest BCUT2D eigenvalue weighted by atomic mass is 9.73. The highest BCUT2D eigenvalue weighted by Crippen LogP contribution is 2.49. The molecule has 0 bridgehead atoms. The first-order chi connectivity index (χ1) is 46.5. The number of benzene rings is 4. The smallest absolute Gasteiger partial charge is 0.282 e. The van der Waals surface area contributed by atoms with Crippen LogP contribution in [-0.4, -0.2) is 139 Å². The highest BCUT2D eigenvalue weighted by molar-refractivity contribution is 5.79. The van der Waals surface area contributed by atoms with Crippen LogP contribution in [0.15, 0.2) is 143 Å². The third-order valence-electron chi connectivity index (χ3n) is 20.6. The van der Waals surface area contributed by atoms with E-state index in [9.17, 15) is 0 Å². The highest BCUT2D eigenvalue weighted by Gasteiger charge is 2.50. The summed E-state index contributed by atoms with van der Waals surface area (Å²) in [7, 11) is 6.81. The molecule has 0 saturated carbocycles. The Morgan fingerprint density at radius 1 is 0.312 bits per heavy atom. The predicted molar refractivity (Wildman–Crippen MR) is 364 cm³/mol. The van der Waals surface area contributed by atoms with Gasteiger partial charge in [-0.15, -0.1) is 0 Å².